The predicted molar refractivity (Wildman–Crippen MR) is 238 cm³/mol. The molecule has 4 aliphatic rings. The SMILES string of the molecule is COc1ccc(COC[C@@H]2C=C[C@H]3O[C@@H]2C(=O)O[C@@H](C)[C@H]2C=C[C@@H](COCc4ccc(OC)cc4)[C@H](O2)C(=O)O[C@@H](C)[C@H]2C=C[C@@H](COCc4ccc(OC)cc4)[C@H](O2)C(=O)O[C@H]3C)cc1. The van der Waals surface area contributed by atoms with E-state index < -0.39 is 90.6 Å². The standard InChI is InChI=1S/C51H60O15/c1-31-43-22-13-37(28-58-25-34-7-16-40(55-4)17-8-34)47(64-43)50(53)62-33(3)45-24-15-39(30-60-27-36-11-20-42(57-6)21-12-36)48(66-45)51(54)63-32(2)44-23-14-38(46(65-44)49(52)61-31)29-59-26-35-9-18-41(56-5)19-10-35/h7-24,31-33,37-39,43-48H,25-30H2,1-6H3/t31-,32-,33-,37-,38-,39-,43+,44+,45+,46-,47-,48-/m0/s1. The van der Waals surface area contributed by atoms with Crippen molar-refractivity contribution in [2.75, 3.05) is 41.2 Å². The molecule has 1 saturated heterocycles. The van der Waals surface area contributed by atoms with Crippen LogP contribution in [0.5, 0.6) is 17.2 Å². The number of methoxy groups -OCH3 is 3. The summed E-state index contributed by atoms with van der Waals surface area (Å²) in [7, 11) is 4.80. The molecule has 6 bridgehead atoms. The van der Waals surface area contributed by atoms with Gasteiger partial charge in [-0.25, -0.2) is 14.4 Å². The molecule has 0 saturated carbocycles. The summed E-state index contributed by atoms with van der Waals surface area (Å²) in [5.41, 5.74) is 2.74. The summed E-state index contributed by atoms with van der Waals surface area (Å²) in [4.78, 5) is 42.5. The summed E-state index contributed by atoms with van der Waals surface area (Å²) in [6, 6.07) is 22.5. The van der Waals surface area contributed by atoms with Crippen LogP contribution in [0.4, 0.5) is 0 Å². The highest BCUT2D eigenvalue weighted by atomic mass is 16.6. The number of esters is 3. The third-order valence-electron chi connectivity index (χ3n) is 11.9. The maximum atomic E-state index is 14.2. The van der Waals surface area contributed by atoms with Crippen molar-refractivity contribution in [2.24, 2.45) is 17.8 Å². The van der Waals surface area contributed by atoms with Crippen molar-refractivity contribution in [3.05, 3.63) is 126 Å². The topological polar surface area (TPSA) is 162 Å². The smallest absolute Gasteiger partial charge is 0.336 e. The van der Waals surface area contributed by atoms with E-state index in [0.29, 0.717) is 0 Å². The molecule has 3 aromatic rings. The number of cyclic esters (lactones) is 3. The van der Waals surface area contributed by atoms with E-state index in [2.05, 4.69) is 0 Å². The lowest BCUT2D eigenvalue weighted by atomic mass is 9.95. The van der Waals surface area contributed by atoms with Gasteiger partial charge in [0, 0.05) is 17.8 Å². The first-order chi connectivity index (χ1) is 32.0. The van der Waals surface area contributed by atoms with Gasteiger partial charge < -0.3 is 56.8 Å². The van der Waals surface area contributed by atoms with Crippen LogP contribution in [-0.4, -0.2) is 114 Å². The molecule has 0 spiro atoms. The first-order valence-corrected chi connectivity index (χ1v) is 22.3. The number of benzene rings is 3. The summed E-state index contributed by atoms with van der Waals surface area (Å²) in [6.07, 6.45) is 2.27. The molecule has 3 aromatic carbocycles. The molecule has 0 aliphatic carbocycles. The van der Waals surface area contributed by atoms with E-state index in [9.17, 15) is 14.4 Å². The van der Waals surface area contributed by atoms with Crippen LogP contribution < -0.4 is 14.2 Å². The van der Waals surface area contributed by atoms with Gasteiger partial charge in [0.05, 0.1) is 61.0 Å². The number of rotatable bonds is 15. The van der Waals surface area contributed by atoms with Crippen LogP contribution in [0.15, 0.2) is 109 Å². The van der Waals surface area contributed by atoms with Crippen LogP contribution in [-0.2, 0) is 76.8 Å². The Kier molecular flexibility index (Phi) is 17.1. The zero-order valence-corrected chi connectivity index (χ0v) is 38.2. The van der Waals surface area contributed by atoms with E-state index >= 15 is 0 Å². The number of carbonyl (C=O) groups is 3. The number of ether oxygens (including phenoxy) is 12. The molecule has 15 heteroatoms. The van der Waals surface area contributed by atoms with Crippen molar-refractivity contribution in [1.82, 2.24) is 0 Å². The van der Waals surface area contributed by atoms with Gasteiger partial charge in [-0.3, -0.25) is 0 Å². The Morgan fingerprint density at radius 2 is 0.652 bits per heavy atom. The molecule has 7 rings (SSSR count). The van der Waals surface area contributed by atoms with Crippen molar-refractivity contribution in [3.63, 3.8) is 0 Å². The van der Waals surface area contributed by atoms with Gasteiger partial charge in [0.15, 0.2) is 18.3 Å². The average molecular weight is 913 g/mol. The van der Waals surface area contributed by atoms with E-state index in [1.807, 2.05) is 91.0 Å². The van der Waals surface area contributed by atoms with Crippen molar-refractivity contribution >= 4 is 17.9 Å². The molecular weight excluding hydrogens is 853 g/mol. The van der Waals surface area contributed by atoms with Gasteiger partial charge in [0.25, 0.3) is 0 Å². The van der Waals surface area contributed by atoms with Crippen LogP contribution in [0.2, 0.25) is 0 Å². The second-order valence-corrected chi connectivity index (χ2v) is 16.7. The van der Waals surface area contributed by atoms with Gasteiger partial charge in [0.1, 0.15) is 53.9 Å². The average Bonchev–Trinajstić information content (AvgIpc) is 3.34. The zero-order chi connectivity index (χ0) is 46.6. The van der Waals surface area contributed by atoms with Crippen LogP contribution in [0.25, 0.3) is 0 Å². The second kappa shape index (κ2) is 23.3. The maximum absolute atomic E-state index is 14.2. The fourth-order valence-electron chi connectivity index (χ4n) is 7.98. The third kappa shape index (κ3) is 12.7. The van der Waals surface area contributed by atoms with Gasteiger partial charge in [-0.05, 0) is 73.9 Å². The van der Waals surface area contributed by atoms with Crippen molar-refractivity contribution in [2.45, 2.75) is 95.5 Å². The summed E-state index contributed by atoms with van der Waals surface area (Å²) < 4.78 is 71.6. The van der Waals surface area contributed by atoms with Crippen LogP contribution >= 0.6 is 0 Å². The molecule has 66 heavy (non-hydrogen) atoms. The minimum Gasteiger partial charge on any atom is -0.497 e. The van der Waals surface area contributed by atoms with Crippen LogP contribution in [0, 0.1) is 17.8 Å². The summed E-state index contributed by atoms with van der Waals surface area (Å²) >= 11 is 0. The van der Waals surface area contributed by atoms with E-state index in [1.54, 1.807) is 60.3 Å². The molecule has 354 valence electrons. The second-order valence-electron chi connectivity index (χ2n) is 16.7. The fraction of sp³-hybridized carbons (Fsp3) is 0.471. The first-order valence-electron chi connectivity index (χ1n) is 22.3. The molecule has 12 atom stereocenters. The van der Waals surface area contributed by atoms with Crippen molar-refractivity contribution < 1.29 is 71.2 Å². The Balaban J connectivity index is 1.12. The molecule has 0 N–H and O–H groups in total. The minimum absolute atomic E-state index is 0.115. The van der Waals surface area contributed by atoms with E-state index in [0.717, 1.165) is 33.9 Å². The van der Waals surface area contributed by atoms with E-state index in [-0.39, 0.29) is 39.6 Å². The number of carbonyl (C=O) groups excluding carboxylic acids is 3. The number of fused-ring (bicyclic) bond motifs is 6. The molecule has 15 nitrogen and oxygen atoms in total. The summed E-state index contributed by atoms with van der Waals surface area (Å²) in [5, 5.41) is 0. The predicted octanol–water partition coefficient (Wildman–Crippen LogP) is 6.29. The van der Waals surface area contributed by atoms with Gasteiger partial charge >= 0.3 is 17.9 Å². The highest BCUT2D eigenvalue weighted by Crippen LogP contribution is 2.31. The summed E-state index contributed by atoms with van der Waals surface area (Å²) in [5.74, 6) is -1.56. The molecular formula is C51H60O15. The van der Waals surface area contributed by atoms with Crippen LogP contribution in [0.3, 0.4) is 0 Å². The highest BCUT2D eigenvalue weighted by molar-refractivity contribution is 5.78. The Morgan fingerprint density at radius 3 is 0.894 bits per heavy atom. The highest BCUT2D eigenvalue weighted by Gasteiger charge is 2.44. The first kappa shape index (κ1) is 48.4. The van der Waals surface area contributed by atoms with Gasteiger partial charge in [0.2, 0.25) is 0 Å². The molecule has 1 fully saturated rings. The molecule has 0 unspecified atom stereocenters. The van der Waals surface area contributed by atoms with Gasteiger partial charge in [-0.15, -0.1) is 0 Å². The number of hydrogen-bond donors (Lipinski definition) is 0. The maximum Gasteiger partial charge on any atom is 0.336 e. The fourth-order valence-corrected chi connectivity index (χ4v) is 7.98. The van der Waals surface area contributed by atoms with Gasteiger partial charge in [-0.1, -0.05) is 72.9 Å². The Hall–Kier alpha value is -5.55. The molecule has 0 radical (unpaired) electrons. The quantitative estimate of drug-likeness (QED) is 0.0950. The van der Waals surface area contributed by atoms with E-state index in [1.165, 1.54) is 0 Å². The van der Waals surface area contributed by atoms with E-state index in [4.69, 9.17) is 56.8 Å². The minimum atomic E-state index is -1.15. The monoisotopic (exact) mass is 912 g/mol. The normalized spacial score (nSPS) is 30.0. The van der Waals surface area contributed by atoms with Crippen LogP contribution in [0.1, 0.15) is 37.5 Å². The molecule has 0 aromatic heterocycles. The Labute approximate surface area is 385 Å². The molecule has 4 heterocycles. The Morgan fingerprint density at radius 1 is 0.394 bits per heavy atom. The molecule has 4 aliphatic heterocycles. The number of hydrogen-bond acceptors (Lipinski definition) is 15. The third-order valence-corrected chi connectivity index (χ3v) is 11.9. The van der Waals surface area contributed by atoms with Crippen molar-refractivity contribution in [1.29, 1.82) is 0 Å². The Bertz CT molecular complexity index is 1890. The van der Waals surface area contributed by atoms with Crippen molar-refractivity contribution in [3.8, 4) is 17.2 Å². The van der Waals surface area contributed by atoms with Gasteiger partial charge in [-0.2, -0.15) is 0 Å². The lowest BCUT2D eigenvalue weighted by molar-refractivity contribution is -0.199. The summed E-state index contributed by atoms with van der Waals surface area (Å²) in [6.45, 7) is 6.21. The lowest BCUT2D eigenvalue weighted by Crippen LogP contribution is -2.50. The lowest BCUT2D eigenvalue weighted by Gasteiger charge is -2.38. The zero-order valence-electron chi connectivity index (χ0n) is 38.2. The largest absolute Gasteiger partial charge is 0.497 e. The molecule has 0 amide bonds.